The molecule has 0 saturated carbocycles. The number of likely N-dealkylation sites (tertiary alicyclic amines) is 2. The molecule has 0 unspecified atom stereocenters. The lowest BCUT2D eigenvalue weighted by molar-refractivity contribution is -0.127. The van der Waals surface area contributed by atoms with Crippen LogP contribution >= 0.6 is 0 Å². The molecule has 0 spiro atoms. The largest absolute Gasteiger partial charge is 0.339 e. The topological polar surface area (TPSA) is 71.3 Å². The first kappa shape index (κ1) is 20.3. The molecule has 0 bridgehead atoms. The summed E-state index contributed by atoms with van der Waals surface area (Å²) in [7, 11) is 0. The van der Waals surface area contributed by atoms with E-state index in [9.17, 15) is 14.0 Å². The number of rotatable bonds is 4. The van der Waals surface area contributed by atoms with Crippen LogP contribution in [0.5, 0.6) is 0 Å². The third kappa shape index (κ3) is 4.75. The summed E-state index contributed by atoms with van der Waals surface area (Å²) in [5.74, 6) is -0.454. The van der Waals surface area contributed by atoms with E-state index in [0.29, 0.717) is 24.3 Å². The van der Waals surface area contributed by atoms with Crippen molar-refractivity contribution in [3.8, 4) is 0 Å². The van der Waals surface area contributed by atoms with Gasteiger partial charge in [-0.1, -0.05) is 17.3 Å². The molecule has 0 radical (unpaired) electrons. The van der Waals surface area contributed by atoms with Crippen LogP contribution in [0.25, 0.3) is 6.08 Å². The molecule has 2 amide bonds. The second-order valence-corrected chi connectivity index (χ2v) is 7.88. The van der Waals surface area contributed by atoms with Crippen molar-refractivity contribution in [1.29, 1.82) is 0 Å². The van der Waals surface area contributed by atoms with E-state index in [1.165, 1.54) is 24.6 Å². The van der Waals surface area contributed by atoms with Gasteiger partial charge >= 0.3 is 0 Å². The fourth-order valence-corrected chi connectivity index (χ4v) is 4.05. The summed E-state index contributed by atoms with van der Waals surface area (Å²) in [5, 5.41) is 8.27. The van der Waals surface area contributed by atoms with E-state index in [-0.39, 0.29) is 23.7 Å². The molecular weight excluding hydrogens is 385 g/mol. The van der Waals surface area contributed by atoms with Crippen LogP contribution < -0.4 is 0 Å². The Hall–Kier alpha value is -3.03. The number of piperidine rings is 2. The van der Waals surface area contributed by atoms with Gasteiger partial charge < -0.3 is 9.80 Å². The van der Waals surface area contributed by atoms with E-state index < -0.39 is 0 Å². The molecule has 158 valence electrons. The lowest BCUT2D eigenvalue weighted by Crippen LogP contribution is -2.38. The average molecular weight is 411 g/mol. The Morgan fingerprint density at radius 3 is 2.53 bits per heavy atom. The van der Waals surface area contributed by atoms with Crippen molar-refractivity contribution in [1.82, 2.24) is 24.8 Å². The summed E-state index contributed by atoms with van der Waals surface area (Å²) in [5.41, 5.74) is 1.06. The van der Waals surface area contributed by atoms with Crippen LogP contribution in [0, 0.1) is 5.82 Å². The van der Waals surface area contributed by atoms with Gasteiger partial charge in [0.2, 0.25) is 5.91 Å². The summed E-state index contributed by atoms with van der Waals surface area (Å²) in [6.07, 6.45) is 9.61. The molecular formula is C22H26FN5O2. The summed E-state index contributed by atoms with van der Waals surface area (Å²) in [4.78, 5) is 28.6. The second-order valence-electron chi connectivity index (χ2n) is 7.88. The first-order valence-corrected chi connectivity index (χ1v) is 10.5. The van der Waals surface area contributed by atoms with E-state index in [1.54, 1.807) is 34.0 Å². The van der Waals surface area contributed by atoms with E-state index in [1.807, 2.05) is 4.90 Å². The fourth-order valence-electron chi connectivity index (χ4n) is 4.05. The fraction of sp³-hybridized carbons (Fsp3) is 0.455. The van der Waals surface area contributed by atoms with Crippen molar-refractivity contribution in [2.45, 2.75) is 38.1 Å². The van der Waals surface area contributed by atoms with Crippen molar-refractivity contribution in [2.75, 3.05) is 26.2 Å². The molecule has 2 aliphatic heterocycles. The third-order valence-electron chi connectivity index (χ3n) is 5.79. The second kappa shape index (κ2) is 9.19. The highest BCUT2D eigenvalue weighted by molar-refractivity contribution is 5.92. The maximum atomic E-state index is 13.2. The molecule has 2 fully saturated rings. The Balaban J connectivity index is 1.30. The first-order valence-electron chi connectivity index (χ1n) is 10.5. The molecule has 4 rings (SSSR count). The van der Waals surface area contributed by atoms with Gasteiger partial charge in [-0.2, -0.15) is 0 Å². The highest BCUT2D eigenvalue weighted by atomic mass is 19.1. The maximum absolute atomic E-state index is 13.2. The van der Waals surface area contributed by atoms with E-state index in [4.69, 9.17) is 0 Å². The Kier molecular flexibility index (Phi) is 6.21. The van der Waals surface area contributed by atoms with Gasteiger partial charge in [-0.25, -0.2) is 9.07 Å². The number of hydrogen-bond donors (Lipinski definition) is 0. The molecule has 2 saturated heterocycles. The normalized spacial score (nSPS) is 18.2. The first-order chi connectivity index (χ1) is 14.6. The van der Waals surface area contributed by atoms with Gasteiger partial charge in [-0.05, 0) is 55.9 Å². The molecule has 1 aromatic heterocycles. The predicted octanol–water partition coefficient (Wildman–Crippen LogP) is 2.92. The monoisotopic (exact) mass is 411 g/mol. The van der Waals surface area contributed by atoms with Crippen LogP contribution in [-0.2, 0) is 4.79 Å². The minimum absolute atomic E-state index is 0.0453. The SMILES string of the molecule is O=C(C=Cc1cccc(F)c1)N1CCC(n2cc(C(=O)N3CCCCC3)nn2)CC1. The third-order valence-corrected chi connectivity index (χ3v) is 5.79. The summed E-state index contributed by atoms with van der Waals surface area (Å²) in [6.45, 7) is 2.78. The van der Waals surface area contributed by atoms with Gasteiger partial charge in [0.15, 0.2) is 5.69 Å². The maximum Gasteiger partial charge on any atom is 0.276 e. The van der Waals surface area contributed by atoms with Gasteiger partial charge in [0, 0.05) is 32.3 Å². The van der Waals surface area contributed by atoms with Crippen LogP contribution in [0.1, 0.15) is 54.2 Å². The lowest BCUT2D eigenvalue weighted by Gasteiger charge is -2.31. The minimum Gasteiger partial charge on any atom is -0.339 e. The van der Waals surface area contributed by atoms with Gasteiger partial charge in [0.05, 0.1) is 12.2 Å². The molecule has 2 aliphatic rings. The Morgan fingerprint density at radius 1 is 1.03 bits per heavy atom. The van der Waals surface area contributed by atoms with Crippen LogP contribution in [0.2, 0.25) is 0 Å². The number of carbonyl (C=O) groups is 2. The van der Waals surface area contributed by atoms with Gasteiger partial charge in [-0.3, -0.25) is 9.59 Å². The standard InChI is InChI=1S/C22H26FN5O2/c23-18-6-4-5-17(15-18)7-8-21(29)26-13-9-19(10-14-26)28-16-20(24-25-28)22(30)27-11-2-1-3-12-27/h4-8,15-16,19H,1-3,9-14H2. The van der Waals surface area contributed by atoms with Crippen molar-refractivity contribution < 1.29 is 14.0 Å². The summed E-state index contributed by atoms with van der Waals surface area (Å²) in [6, 6.07) is 6.26. The summed E-state index contributed by atoms with van der Waals surface area (Å²) >= 11 is 0. The molecule has 3 heterocycles. The number of halogens is 1. The van der Waals surface area contributed by atoms with Crippen molar-refractivity contribution in [2.24, 2.45) is 0 Å². The van der Waals surface area contributed by atoms with Crippen LogP contribution in [-0.4, -0.2) is 62.8 Å². The minimum atomic E-state index is -0.323. The molecule has 0 N–H and O–H groups in total. The smallest absolute Gasteiger partial charge is 0.276 e. The summed E-state index contributed by atoms with van der Waals surface area (Å²) < 4.78 is 15.0. The van der Waals surface area contributed by atoms with E-state index in [0.717, 1.165) is 38.8 Å². The van der Waals surface area contributed by atoms with Crippen LogP contribution in [0.4, 0.5) is 4.39 Å². The highest BCUT2D eigenvalue weighted by Crippen LogP contribution is 2.22. The molecule has 0 aliphatic carbocycles. The number of hydrogen-bond acceptors (Lipinski definition) is 4. The predicted molar refractivity (Wildman–Crippen MR) is 110 cm³/mol. The zero-order valence-electron chi connectivity index (χ0n) is 16.9. The Morgan fingerprint density at radius 2 is 1.80 bits per heavy atom. The van der Waals surface area contributed by atoms with Gasteiger partial charge in [0.1, 0.15) is 5.82 Å². The van der Waals surface area contributed by atoms with Crippen LogP contribution in [0.15, 0.2) is 36.5 Å². The molecule has 0 atom stereocenters. The van der Waals surface area contributed by atoms with E-state index in [2.05, 4.69) is 10.3 Å². The zero-order chi connectivity index (χ0) is 20.9. The van der Waals surface area contributed by atoms with Crippen LogP contribution in [0.3, 0.4) is 0 Å². The lowest BCUT2D eigenvalue weighted by atomic mass is 10.0. The number of amides is 2. The van der Waals surface area contributed by atoms with Crippen molar-refractivity contribution in [3.05, 3.63) is 53.6 Å². The van der Waals surface area contributed by atoms with Gasteiger partial charge in [-0.15, -0.1) is 5.10 Å². The van der Waals surface area contributed by atoms with Crippen molar-refractivity contribution in [3.63, 3.8) is 0 Å². The number of benzene rings is 1. The van der Waals surface area contributed by atoms with Gasteiger partial charge in [0.25, 0.3) is 5.91 Å². The molecule has 1 aromatic carbocycles. The molecule has 30 heavy (non-hydrogen) atoms. The van der Waals surface area contributed by atoms with Crippen molar-refractivity contribution >= 4 is 17.9 Å². The van der Waals surface area contributed by atoms with E-state index >= 15 is 0 Å². The Bertz CT molecular complexity index is 927. The quantitative estimate of drug-likeness (QED) is 0.726. The zero-order valence-corrected chi connectivity index (χ0v) is 16.9. The average Bonchev–Trinajstić information content (AvgIpc) is 3.28. The molecule has 8 heteroatoms. The molecule has 7 nitrogen and oxygen atoms in total. The molecule has 2 aromatic rings. The number of carbonyl (C=O) groups excluding carboxylic acids is 2. The Labute approximate surface area is 175 Å². The number of aromatic nitrogens is 3. The number of nitrogens with zero attached hydrogens (tertiary/aromatic N) is 5. The highest BCUT2D eigenvalue weighted by Gasteiger charge is 2.26.